The van der Waals surface area contributed by atoms with Crippen molar-refractivity contribution in [3.8, 4) is 0 Å². The monoisotopic (exact) mass is 315 g/mol. The molecule has 17 heavy (non-hydrogen) atoms. The largest absolute Gasteiger partial charge is 0.386 e. The van der Waals surface area contributed by atoms with Crippen molar-refractivity contribution in [1.82, 2.24) is 15.0 Å². The maximum Gasteiger partial charge on any atom is 0.154 e. The fourth-order valence-electron chi connectivity index (χ4n) is 1.66. The highest BCUT2D eigenvalue weighted by molar-refractivity contribution is 9.10. The predicted molar refractivity (Wildman–Crippen MR) is 68.8 cm³/mol. The van der Waals surface area contributed by atoms with Gasteiger partial charge in [0.2, 0.25) is 0 Å². The second-order valence-corrected chi connectivity index (χ2v) is 4.86. The van der Waals surface area contributed by atoms with E-state index in [1.807, 2.05) is 18.2 Å². The molecule has 6 heteroatoms. The summed E-state index contributed by atoms with van der Waals surface area (Å²) in [5.41, 5.74) is 1.54. The molecule has 1 atom stereocenters. The molecular weight excluding hydrogens is 305 g/mol. The Morgan fingerprint density at radius 1 is 1.47 bits per heavy atom. The molecule has 0 spiro atoms. The van der Waals surface area contributed by atoms with Gasteiger partial charge in [-0.05, 0) is 27.6 Å². The number of aryl methyl sites for hydroxylation is 1. The number of aromatic nitrogens is 3. The van der Waals surface area contributed by atoms with Gasteiger partial charge in [0, 0.05) is 18.5 Å². The summed E-state index contributed by atoms with van der Waals surface area (Å²) in [5, 5.41) is 18.5. The zero-order valence-corrected chi connectivity index (χ0v) is 11.5. The van der Waals surface area contributed by atoms with Gasteiger partial charge in [-0.15, -0.1) is 5.10 Å². The number of rotatable bonds is 3. The van der Waals surface area contributed by atoms with E-state index in [0.717, 1.165) is 5.56 Å². The summed E-state index contributed by atoms with van der Waals surface area (Å²) < 4.78 is 2.10. The topological polar surface area (TPSA) is 50.9 Å². The van der Waals surface area contributed by atoms with E-state index in [2.05, 4.69) is 26.2 Å². The molecule has 1 N–H and O–H groups in total. The van der Waals surface area contributed by atoms with E-state index in [1.54, 1.807) is 17.8 Å². The van der Waals surface area contributed by atoms with Crippen molar-refractivity contribution in [2.75, 3.05) is 0 Å². The normalized spacial score (nSPS) is 12.7. The first-order chi connectivity index (χ1) is 8.09. The minimum atomic E-state index is -0.690. The van der Waals surface area contributed by atoms with Gasteiger partial charge in [-0.25, -0.2) is 4.68 Å². The molecule has 1 aromatic carbocycles. The molecule has 0 aliphatic carbocycles. The summed E-state index contributed by atoms with van der Waals surface area (Å²) in [7, 11) is 1.74. The second-order valence-electron chi connectivity index (χ2n) is 3.70. The van der Waals surface area contributed by atoms with Gasteiger partial charge in [-0.1, -0.05) is 35.0 Å². The molecular formula is C11H11BrClN3O. The lowest BCUT2D eigenvalue weighted by Crippen LogP contribution is -2.08. The van der Waals surface area contributed by atoms with Gasteiger partial charge in [0.05, 0.1) is 0 Å². The maximum absolute atomic E-state index is 10.2. The third-order valence-corrected chi connectivity index (χ3v) is 3.45. The molecule has 0 fully saturated rings. The molecule has 0 bridgehead atoms. The fourth-order valence-corrected chi connectivity index (χ4v) is 2.47. The lowest BCUT2D eigenvalue weighted by atomic mass is 10.1. The number of nitrogens with zero attached hydrogens (tertiary/aromatic N) is 3. The molecule has 1 unspecified atom stereocenters. The van der Waals surface area contributed by atoms with E-state index in [1.165, 1.54) is 0 Å². The van der Waals surface area contributed by atoms with E-state index in [0.29, 0.717) is 21.7 Å². The molecule has 1 heterocycles. The summed E-state index contributed by atoms with van der Waals surface area (Å²) in [5.74, 6) is 0. The Hall–Kier alpha value is -0.910. The van der Waals surface area contributed by atoms with Gasteiger partial charge in [-0.2, -0.15) is 0 Å². The van der Waals surface area contributed by atoms with Crippen molar-refractivity contribution < 1.29 is 5.11 Å². The van der Waals surface area contributed by atoms with Crippen LogP contribution in [0.1, 0.15) is 17.4 Å². The van der Waals surface area contributed by atoms with Crippen LogP contribution in [0.15, 0.2) is 28.9 Å². The van der Waals surface area contributed by atoms with Gasteiger partial charge >= 0.3 is 0 Å². The SMILES string of the molecule is Cn1nnc(Br)c1C(O)Cc1ccccc1Cl. The van der Waals surface area contributed by atoms with Crippen LogP contribution in [0.25, 0.3) is 0 Å². The zero-order chi connectivity index (χ0) is 12.4. The Morgan fingerprint density at radius 3 is 2.76 bits per heavy atom. The predicted octanol–water partition coefficient (Wildman–Crippen LogP) is 2.51. The van der Waals surface area contributed by atoms with Gasteiger partial charge in [0.15, 0.2) is 4.60 Å². The Morgan fingerprint density at radius 2 is 2.18 bits per heavy atom. The van der Waals surface area contributed by atoms with Gasteiger partial charge in [0.25, 0.3) is 0 Å². The number of benzene rings is 1. The molecule has 90 valence electrons. The fraction of sp³-hybridized carbons (Fsp3) is 0.273. The second kappa shape index (κ2) is 5.16. The Labute approximate surface area is 112 Å². The van der Waals surface area contributed by atoms with Crippen LogP contribution in [0, 0.1) is 0 Å². The molecule has 0 saturated carbocycles. The lowest BCUT2D eigenvalue weighted by Gasteiger charge is -2.11. The van der Waals surface area contributed by atoms with Crippen molar-refractivity contribution in [2.24, 2.45) is 7.05 Å². The molecule has 0 aliphatic heterocycles. The molecule has 2 rings (SSSR count). The van der Waals surface area contributed by atoms with Crippen LogP contribution in [0.2, 0.25) is 5.02 Å². The molecule has 0 aliphatic rings. The van der Waals surface area contributed by atoms with Gasteiger partial charge in [0.1, 0.15) is 11.8 Å². The minimum Gasteiger partial charge on any atom is -0.386 e. The van der Waals surface area contributed by atoms with Crippen LogP contribution >= 0.6 is 27.5 Å². The average molecular weight is 317 g/mol. The third-order valence-electron chi connectivity index (χ3n) is 2.51. The molecule has 1 aromatic heterocycles. The average Bonchev–Trinajstić information content (AvgIpc) is 2.62. The van der Waals surface area contributed by atoms with Gasteiger partial charge < -0.3 is 5.11 Å². The zero-order valence-electron chi connectivity index (χ0n) is 9.14. The number of halogens is 2. The van der Waals surface area contributed by atoms with Crippen LogP contribution in [0.3, 0.4) is 0 Å². The van der Waals surface area contributed by atoms with Crippen molar-refractivity contribution in [2.45, 2.75) is 12.5 Å². The van der Waals surface area contributed by atoms with Crippen molar-refractivity contribution in [3.05, 3.63) is 45.1 Å². The van der Waals surface area contributed by atoms with E-state index in [-0.39, 0.29) is 0 Å². The first-order valence-corrected chi connectivity index (χ1v) is 6.23. The van der Waals surface area contributed by atoms with Gasteiger partial charge in [-0.3, -0.25) is 0 Å². The first-order valence-electron chi connectivity index (χ1n) is 5.06. The Balaban J connectivity index is 2.23. The van der Waals surface area contributed by atoms with E-state index in [4.69, 9.17) is 11.6 Å². The third kappa shape index (κ3) is 2.68. The molecule has 4 nitrogen and oxygen atoms in total. The standard InChI is InChI=1S/C11H11BrClN3O/c1-16-10(11(12)14-15-16)9(17)6-7-4-2-3-5-8(7)13/h2-5,9,17H,6H2,1H3. The summed E-state index contributed by atoms with van der Waals surface area (Å²) in [6.45, 7) is 0. The summed E-state index contributed by atoms with van der Waals surface area (Å²) in [6, 6.07) is 7.45. The number of hydrogen-bond acceptors (Lipinski definition) is 3. The highest BCUT2D eigenvalue weighted by Crippen LogP contribution is 2.26. The van der Waals surface area contributed by atoms with Crippen molar-refractivity contribution >= 4 is 27.5 Å². The van der Waals surface area contributed by atoms with Crippen LogP contribution < -0.4 is 0 Å². The lowest BCUT2D eigenvalue weighted by molar-refractivity contribution is 0.168. The van der Waals surface area contributed by atoms with Crippen LogP contribution in [0.5, 0.6) is 0 Å². The maximum atomic E-state index is 10.2. The Bertz CT molecular complexity index is 510. The minimum absolute atomic E-state index is 0.430. The quantitative estimate of drug-likeness (QED) is 0.946. The molecule has 0 saturated heterocycles. The number of hydrogen-bond donors (Lipinski definition) is 1. The summed E-state index contributed by atoms with van der Waals surface area (Å²) >= 11 is 9.31. The Kier molecular flexibility index (Phi) is 3.81. The number of aliphatic hydroxyl groups is 1. The first kappa shape index (κ1) is 12.5. The number of aliphatic hydroxyl groups excluding tert-OH is 1. The van der Waals surface area contributed by atoms with E-state index in [9.17, 15) is 5.11 Å². The summed E-state index contributed by atoms with van der Waals surface area (Å²) in [6.07, 6.45) is -0.260. The van der Waals surface area contributed by atoms with Crippen molar-refractivity contribution in [1.29, 1.82) is 0 Å². The smallest absolute Gasteiger partial charge is 0.154 e. The summed E-state index contributed by atoms with van der Waals surface area (Å²) in [4.78, 5) is 0. The van der Waals surface area contributed by atoms with E-state index >= 15 is 0 Å². The van der Waals surface area contributed by atoms with Crippen LogP contribution in [-0.4, -0.2) is 20.1 Å². The molecule has 0 radical (unpaired) electrons. The highest BCUT2D eigenvalue weighted by Gasteiger charge is 2.18. The van der Waals surface area contributed by atoms with Crippen molar-refractivity contribution in [3.63, 3.8) is 0 Å². The van der Waals surface area contributed by atoms with Crippen LogP contribution in [-0.2, 0) is 13.5 Å². The highest BCUT2D eigenvalue weighted by atomic mass is 79.9. The van der Waals surface area contributed by atoms with Crippen LogP contribution in [0.4, 0.5) is 0 Å². The van der Waals surface area contributed by atoms with E-state index < -0.39 is 6.10 Å². The molecule has 0 amide bonds. The molecule has 2 aromatic rings.